The van der Waals surface area contributed by atoms with Crippen LogP contribution in [0.2, 0.25) is 0 Å². The van der Waals surface area contributed by atoms with Crippen LogP contribution < -0.4 is 15.4 Å². The molecule has 0 spiro atoms. The predicted molar refractivity (Wildman–Crippen MR) is 83.6 cm³/mol. The summed E-state index contributed by atoms with van der Waals surface area (Å²) in [7, 11) is 3.57. The van der Waals surface area contributed by atoms with Gasteiger partial charge in [-0.1, -0.05) is 0 Å². The van der Waals surface area contributed by atoms with Crippen molar-refractivity contribution in [1.82, 2.24) is 14.8 Å². The second-order valence-corrected chi connectivity index (χ2v) is 5.62. The fourth-order valence-electron chi connectivity index (χ4n) is 2.90. The molecule has 1 aliphatic rings. The third-order valence-electron chi connectivity index (χ3n) is 4.03. The highest BCUT2D eigenvalue weighted by Gasteiger charge is 2.26. The van der Waals surface area contributed by atoms with Crippen LogP contribution in [-0.4, -0.2) is 34.5 Å². The van der Waals surface area contributed by atoms with Crippen LogP contribution in [0.5, 0.6) is 5.88 Å². The maximum atomic E-state index is 6.06. The van der Waals surface area contributed by atoms with Gasteiger partial charge in [-0.25, -0.2) is 0 Å². The zero-order chi connectivity index (χ0) is 15.1. The summed E-state index contributed by atoms with van der Waals surface area (Å²) in [5.41, 5.74) is 9.96. The molecule has 2 N–H and O–H groups in total. The molecule has 0 unspecified atom stereocenters. The summed E-state index contributed by atoms with van der Waals surface area (Å²) in [6.07, 6.45) is 2.83. The molecule has 1 aliphatic heterocycles. The SMILES string of the molecule is COc1nc2c(cc1N)-c1cnn(C)c1CCN2C(C)C. The van der Waals surface area contributed by atoms with Crippen molar-refractivity contribution in [2.45, 2.75) is 26.3 Å². The van der Waals surface area contributed by atoms with Crippen molar-refractivity contribution in [3.63, 3.8) is 0 Å². The van der Waals surface area contributed by atoms with Gasteiger partial charge >= 0.3 is 0 Å². The minimum absolute atomic E-state index is 0.354. The van der Waals surface area contributed by atoms with Gasteiger partial charge in [-0.05, 0) is 19.9 Å². The van der Waals surface area contributed by atoms with Crippen molar-refractivity contribution in [3.05, 3.63) is 18.0 Å². The van der Waals surface area contributed by atoms with Gasteiger partial charge in [0.1, 0.15) is 5.82 Å². The van der Waals surface area contributed by atoms with Crippen molar-refractivity contribution >= 4 is 11.5 Å². The van der Waals surface area contributed by atoms with E-state index in [1.165, 1.54) is 5.69 Å². The van der Waals surface area contributed by atoms with Crippen LogP contribution in [0.3, 0.4) is 0 Å². The lowest BCUT2D eigenvalue weighted by Gasteiger charge is -2.28. The van der Waals surface area contributed by atoms with Crippen LogP contribution in [0.15, 0.2) is 12.3 Å². The Kier molecular flexibility index (Phi) is 3.23. The zero-order valence-electron chi connectivity index (χ0n) is 12.9. The topological polar surface area (TPSA) is 69.2 Å². The Labute approximate surface area is 124 Å². The third kappa shape index (κ3) is 2.11. The van der Waals surface area contributed by atoms with Crippen LogP contribution in [0, 0.1) is 0 Å². The highest BCUT2D eigenvalue weighted by Crippen LogP contribution is 2.39. The third-order valence-corrected chi connectivity index (χ3v) is 4.03. The Balaban J connectivity index is 2.26. The number of nitrogens with zero attached hydrogens (tertiary/aromatic N) is 4. The molecule has 0 fully saturated rings. The summed E-state index contributed by atoms with van der Waals surface area (Å²) >= 11 is 0. The summed E-state index contributed by atoms with van der Waals surface area (Å²) in [5, 5.41) is 4.38. The summed E-state index contributed by atoms with van der Waals surface area (Å²) in [5.74, 6) is 1.40. The number of methoxy groups -OCH3 is 1. The quantitative estimate of drug-likeness (QED) is 0.912. The number of hydrogen-bond acceptors (Lipinski definition) is 5. The second kappa shape index (κ2) is 4.95. The highest BCUT2D eigenvalue weighted by molar-refractivity contribution is 5.82. The largest absolute Gasteiger partial charge is 0.479 e. The minimum Gasteiger partial charge on any atom is -0.479 e. The zero-order valence-corrected chi connectivity index (χ0v) is 12.9. The standard InChI is InChI=1S/C15H21N5O/c1-9(2)20-6-5-13-11(8-17-19(13)3)10-7-12(16)15(21-4)18-14(10)20/h7-9H,5-6,16H2,1-4H3. The van der Waals surface area contributed by atoms with Gasteiger partial charge in [0.25, 0.3) is 0 Å². The van der Waals surface area contributed by atoms with Crippen molar-refractivity contribution in [2.24, 2.45) is 7.05 Å². The van der Waals surface area contributed by atoms with E-state index >= 15 is 0 Å². The smallest absolute Gasteiger partial charge is 0.238 e. The van der Waals surface area contributed by atoms with Gasteiger partial charge < -0.3 is 15.4 Å². The molecule has 21 heavy (non-hydrogen) atoms. The Hall–Kier alpha value is -2.24. The van der Waals surface area contributed by atoms with E-state index in [-0.39, 0.29) is 0 Å². The molecule has 112 valence electrons. The highest BCUT2D eigenvalue weighted by atomic mass is 16.5. The van der Waals surface area contributed by atoms with E-state index in [9.17, 15) is 0 Å². The number of nitrogens with two attached hydrogens (primary N) is 1. The van der Waals surface area contributed by atoms with Crippen molar-refractivity contribution in [3.8, 4) is 17.0 Å². The maximum absolute atomic E-state index is 6.06. The van der Waals surface area contributed by atoms with E-state index < -0.39 is 0 Å². The van der Waals surface area contributed by atoms with E-state index in [1.807, 2.05) is 24.0 Å². The molecule has 3 rings (SSSR count). The molecule has 2 aromatic heterocycles. The van der Waals surface area contributed by atoms with Crippen molar-refractivity contribution in [1.29, 1.82) is 0 Å². The van der Waals surface area contributed by atoms with E-state index in [4.69, 9.17) is 10.5 Å². The first kappa shape index (κ1) is 13.7. The number of fused-ring (bicyclic) bond motifs is 3. The lowest BCUT2D eigenvalue weighted by molar-refractivity contribution is 0.400. The number of ether oxygens (including phenoxy) is 1. The Bertz CT molecular complexity index is 677. The molecule has 0 saturated carbocycles. The molecular formula is C15H21N5O. The van der Waals surface area contributed by atoms with Crippen LogP contribution >= 0.6 is 0 Å². The first-order valence-corrected chi connectivity index (χ1v) is 7.15. The molecule has 0 radical (unpaired) electrons. The number of anilines is 2. The van der Waals surface area contributed by atoms with Crippen molar-refractivity contribution < 1.29 is 4.74 Å². The van der Waals surface area contributed by atoms with Gasteiger partial charge in [0.15, 0.2) is 0 Å². The molecule has 6 heteroatoms. The summed E-state index contributed by atoms with van der Waals surface area (Å²) in [4.78, 5) is 6.93. The number of pyridine rings is 1. The molecule has 0 atom stereocenters. The molecule has 3 heterocycles. The fraction of sp³-hybridized carbons (Fsp3) is 0.467. The van der Waals surface area contributed by atoms with E-state index in [0.717, 1.165) is 29.9 Å². The summed E-state index contributed by atoms with van der Waals surface area (Å²) in [6.45, 7) is 5.24. The predicted octanol–water partition coefficient (Wildman–Crippen LogP) is 1.84. The molecule has 0 bridgehead atoms. The van der Waals surface area contributed by atoms with Gasteiger partial charge in [0.05, 0.1) is 19.0 Å². The molecule has 2 aromatic rings. The van der Waals surface area contributed by atoms with Crippen LogP contribution in [0.4, 0.5) is 11.5 Å². The number of aryl methyl sites for hydroxylation is 1. The van der Waals surface area contributed by atoms with Gasteiger partial charge in [0.2, 0.25) is 5.88 Å². The Morgan fingerprint density at radius 1 is 1.33 bits per heavy atom. The molecular weight excluding hydrogens is 266 g/mol. The first-order valence-electron chi connectivity index (χ1n) is 7.15. The monoisotopic (exact) mass is 287 g/mol. The summed E-state index contributed by atoms with van der Waals surface area (Å²) in [6, 6.07) is 2.30. The van der Waals surface area contributed by atoms with Gasteiger partial charge in [-0.15, -0.1) is 0 Å². The molecule has 6 nitrogen and oxygen atoms in total. The summed E-state index contributed by atoms with van der Waals surface area (Å²) < 4.78 is 7.22. The maximum Gasteiger partial charge on any atom is 0.238 e. The number of nitrogen functional groups attached to an aromatic ring is 1. The van der Waals surface area contributed by atoms with Crippen LogP contribution in [-0.2, 0) is 13.5 Å². The Morgan fingerprint density at radius 2 is 2.10 bits per heavy atom. The fourth-order valence-corrected chi connectivity index (χ4v) is 2.90. The number of aromatic nitrogens is 3. The Morgan fingerprint density at radius 3 is 2.76 bits per heavy atom. The lowest BCUT2D eigenvalue weighted by atomic mass is 10.1. The lowest BCUT2D eigenvalue weighted by Crippen LogP contribution is -2.33. The van der Waals surface area contributed by atoms with Gasteiger partial charge in [0, 0.05) is 42.9 Å². The normalized spacial score (nSPS) is 13.9. The average molecular weight is 287 g/mol. The second-order valence-electron chi connectivity index (χ2n) is 5.62. The van der Waals surface area contributed by atoms with Crippen molar-refractivity contribution in [2.75, 3.05) is 24.3 Å². The van der Waals surface area contributed by atoms with Gasteiger partial charge in [-0.3, -0.25) is 4.68 Å². The van der Waals surface area contributed by atoms with E-state index in [2.05, 4.69) is 28.8 Å². The minimum atomic E-state index is 0.354. The number of rotatable bonds is 2. The van der Waals surface area contributed by atoms with Crippen LogP contribution in [0.1, 0.15) is 19.5 Å². The van der Waals surface area contributed by atoms with Crippen LogP contribution in [0.25, 0.3) is 11.1 Å². The number of hydrogen-bond donors (Lipinski definition) is 1. The molecule has 0 aromatic carbocycles. The molecule has 0 amide bonds. The average Bonchev–Trinajstić information content (AvgIpc) is 2.72. The molecule has 0 aliphatic carbocycles. The van der Waals surface area contributed by atoms with Gasteiger partial charge in [-0.2, -0.15) is 10.1 Å². The van der Waals surface area contributed by atoms with E-state index in [1.54, 1.807) is 7.11 Å². The molecule has 0 saturated heterocycles. The first-order chi connectivity index (χ1) is 10.0. The van der Waals surface area contributed by atoms with E-state index in [0.29, 0.717) is 17.6 Å².